The molecule has 178 valence electrons. The lowest BCUT2D eigenvalue weighted by Crippen LogP contribution is -2.52. The smallest absolute Gasteiger partial charge is 0.264 e. The van der Waals surface area contributed by atoms with Crippen LogP contribution >= 0.6 is 11.3 Å². The first-order chi connectivity index (χ1) is 16.6. The van der Waals surface area contributed by atoms with Crippen molar-refractivity contribution in [3.8, 4) is 17.0 Å². The van der Waals surface area contributed by atoms with E-state index in [0.717, 1.165) is 29.2 Å². The first kappa shape index (κ1) is 23.7. The number of hydrogen-bond acceptors (Lipinski definition) is 7. The molecule has 3 aromatic rings. The first-order valence-electron chi connectivity index (χ1n) is 11.4. The predicted molar refractivity (Wildman–Crippen MR) is 133 cm³/mol. The lowest BCUT2D eigenvalue weighted by molar-refractivity contribution is -0.132. The number of aromatic nitrogens is 2. The normalized spacial score (nSPS) is 13.6. The minimum atomic E-state index is -0.0739. The molecule has 0 atom stereocenters. The van der Waals surface area contributed by atoms with Crippen molar-refractivity contribution in [3.63, 3.8) is 0 Å². The van der Waals surface area contributed by atoms with Crippen LogP contribution in [0.5, 0.6) is 5.75 Å². The van der Waals surface area contributed by atoms with Crippen LogP contribution in [0.2, 0.25) is 0 Å². The maximum Gasteiger partial charge on any atom is 0.264 e. The lowest BCUT2D eigenvalue weighted by Gasteiger charge is -2.36. The van der Waals surface area contributed by atoms with Crippen molar-refractivity contribution in [2.45, 2.75) is 13.3 Å². The Bertz CT molecular complexity index is 1100. The van der Waals surface area contributed by atoms with Crippen LogP contribution in [0.4, 0.5) is 5.82 Å². The van der Waals surface area contributed by atoms with Crippen LogP contribution in [0.1, 0.15) is 23.0 Å². The summed E-state index contributed by atoms with van der Waals surface area (Å²) in [5.41, 5.74) is 1.73. The number of methoxy groups -OCH3 is 1. The van der Waals surface area contributed by atoms with Crippen LogP contribution in [0.25, 0.3) is 11.3 Å². The minimum Gasteiger partial charge on any atom is -0.497 e. The molecule has 9 heteroatoms. The Morgan fingerprint density at radius 1 is 1.06 bits per heavy atom. The Kier molecular flexibility index (Phi) is 7.74. The van der Waals surface area contributed by atoms with Gasteiger partial charge in [0.25, 0.3) is 5.91 Å². The maximum atomic E-state index is 12.9. The Balaban J connectivity index is 1.33. The van der Waals surface area contributed by atoms with Gasteiger partial charge in [0.05, 0.1) is 17.7 Å². The number of ether oxygens (including phenoxy) is 1. The fourth-order valence-electron chi connectivity index (χ4n) is 3.96. The van der Waals surface area contributed by atoms with Crippen molar-refractivity contribution in [1.82, 2.24) is 20.0 Å². The van der Waals surface area contributed by atoms with Gasteiger partial charge in [-0.05, 0) is 42.1 Å². The van der Waals surface area contributed by atoms with Crippen molar-refractivity contribution in [1.29, 1.82) is 0 Å². The molecule has 1 fully saturated rings. The molecule has 8 nitrogen and oxygen atoms in total. The average molecular weight is 480 g/mol. The van der Waals surface area contributed by atoms with Crippen molar-refractivity contribution in [3.05, 3.63) is 58.8 Å². The van der Waals surface area contributed by atoms with Crippen LogP contribution in [0, 0.1) is 0 Å². The summed E-state index contributed by atoms with van der Waals surface area (Å²) >= 11 is 1.41. The van der Waals surface area contributed by atoms with Gasteiger partial charge in [0.1, 0.15) is 12.3 Å². The highest BCUT2D eigenvalue weighted by atomic mass is 32.1. The third kappa shape index (κ3) is 5.53. The number of benzene rings is 1. The van der Waals surface area contributed by atoms with E-state index in [2.05, 4.69) is 15.1 Å². The van der Waals surface area contributed by atoms with Gasteiger partial charge in [-0.25, -0.2) is 0 Å². The fourth-order valence-corrected chi connectivity index (χ4v) is 4.65. The van der Waals surface area contributed by atoms with E-state index in [9.17, 15) is 9.59 Å². The van der Waals surface area contributed by atoms with Gasteiger partial charge in [-0.1, -0.05) is 25.1 Å². The molecule has 0 radical (unpaired) electrons. The summed E-state index contributed by atoms with van der Waals surface area (Å²) in [6.45, 7) is 5.21. The number of rotatable bonds is 8. The van der Waals surface area contributed by atoms with Crippen molar-refractivity contribution in [2.75, 3.05) is 51.3 Å². The van der Waals surface area contributed by atoms with E-state index in [1.807, 2.05) is 59.7 Å². The summed E-state index contributed by atoms with van der Waals surface area (Å²) < 4.78 is 5.28. The Morgan fingerprint density at radius 2 is 1.88 bits per heavy atom. The third-order valence-electron chi connectivity index (χ3n) is 5.81. The zero-order chi connectivity index (χ0) is 23.9. The topological polar surface area (TPSA) is 78.9 Å². The number of thiophene rings is 1. The molecule has 0 unspecified atom stereocenters. The highest BCUT2D eigenvalue weighted by Crippen LogP contribution is 2.23. The highest BCUT2D eigenvalue weighted by Gasteiger charge is 2.26. The van der Waals surface area contributed by atoms with Gasteiger partial charge in [0, 0.05) is 38.3 Å². The average Bonchev–Trinajstić information content (AvgIpc) is 3.43. The van der Waals surface area contributed by atoms with Crippen LogP contribution in [0.15, 0.2) is 53.9 Å². The zero-order valence-corrected chi connectivity index (χ0v) is 20.3. The summed E-state index contributed by atoms with van der Waals surface area (Å²) in [5.74, 6) is 1.48. The molecular formula is C25H29N5O3S. The van der Waals surface area contributed by atoms with E-state index >= 15 is 0 Å². The Morgan fingerprint density at radius 3 is 2.53 bits per heavy atom. The minimum absolute atomic E-state index is 0.0162. The van der Waals surface area contributed by atoms with Gasteiger partial charge in [0.15, 0.2) is 5.82 Å². The second-order valence-electron chi connectivity index (χ2n) is 8.08. The van der Waals surface area contributed by atoms with Crippen LogP contribution in [-0.4, -0.2) is 78.2 Å². The summed E-state index contributed by atoms with van der Waals surface area (Å²) in [4.78, 5) is 32.0. The van der Waals surface area contributed by atoms with E-state index in [0.29, 0.717) is 37.6 Å². The second-order valence-corrected chi connectivity index (χ2v) is 9.03. The second kappa shape index (κ2) is 11.1. The molecule has 3 heterocycles. The van der Waals surface area contributed by atoms with Gasteiger partial charge in [0.2, 0.25) is 5.91 Å². The van der Waals surface area contributed by atoms with E-state index in [4.69, 9.17) is 4.74 Å². The van der Waals surface area contributed by atoms with Gasteiger partial charge < -0.3 is 19.4 Å². The molecule has 1 aromatic carbocycles. The van der Waals surface area contributed by atoms with Crippen LogP contribution < -0.4 is 9.64 Å². The number of carbonyl (C=O) groups excluding carboxylic acids is 2. The lowest BCUT2D eigenvalue weighted by atomic mass is 10.1. The molecule has 0 bridgehead atoms. The first-order valence-corrected chi connectivity index (χ1v) is 12.3. The molecule has 4 rings (SSSR count). The van der Waals surface area contributed by atoms with Gasteiger partial charge in [-0.2, -0.15) is 0 Å². The van der Waals surface area contributed by atoms with Crippen molar-refractivity contribution < 1.29 is 14.3 Å². The van der Waals surface area contributed by atoms with Crippen LogP contribution in [0.3, 0.4) is 0 Å². The Hall–Kier alpha value is -3.46. The van der Waals surface area contributed by atoms with Crippen LogP contribution in [-0.2, 0) is 4.79 Å². The molecule has 34 heavy (non-hydrogen) atoms. The summed E-state index contributed by atoms with van der Waals surface area (Å²) in [5, 5.41) is 10.7. The summed E-state index contributed by atoms with van der Waals surface area (Å²) in [7, 11) is 1.64. The molecule has 1 aliphatic rings. The molecular weight excluding hydrogens is 450 g/mol. The van der Waals surface area contributed by atoms with Gasteiger partial charge in [-0.3, -0.25) is 9.59 Å². The number of carbonyl (C=O) groups is 2. The number of hydrogen-bond donors (Lipinski definition) is 0. The van der Waals surface area contributed by atoms with E-state index in [-0.39, 0.29) is 18.4 Å². The zero-order valence-electron chi connectivity index (χ0n) is 19.5. The Labute approximate surface area is 203 Å². The highest BCUT2D eigenvalue weighted by molar-refractivity contribution is 7.12. The number of anilines is 1. The fraction of sp³-hybridized carbons (Fsp3) is 0.360. The molecule has 0 spiro atoms. The monoisotopic (exact) mass is 479 g/mol. The predicted octanol–water partition coefficient (Wildman–Crippen LogP) is 3.41. The number of piperazine rings is 1. The third-order valence-corrected chi connectivity index (χ3v) is 6.67. The molecule has 2 amide bonds. The molecule has 2 aromatic heterocycles. The van der Waals surface area contributed by atoms with Gasteiger partial charge in [-0.15, -0.1) is 21.5 Å². The maximum absolute atomic E-state index is 12.9. The largest absolute Gasteiger partial charge is 0.497 e. The number of amides is 2. The van der Waals surface area contributed by atoms with Crippen molar-refractivity contribution >= 4 is 29.0 Å². The molecule has 0 N–H and O–H groups in total. The van der Waals surface area contributed by atoms with Crippen molar-refractivity contribution in [2.24, 2.45) is 0 Å². The SMILES string of the molecule is CCCN(CC(=O)N1CCN(c2ccc(-c3cccc(OC)c3)nn2)CC1)C(=O)c1cccs1. The summed E-state index contributed by atoms with van der Waals surface area (Å²) in [6, 6.07) is 15.3. The summed E-state index contributed by atoms with van der Waals surface area (Å²) in [6.07, 6.45) is 0.808. The van der Waals surface area contributed by atoms with E-state index in [1.54, 1.807) is 18.1 Å². The quantitative estimate of drug-likeness (QED) is 0.493. The molecule has 0 saturated carbocycles. The van der Waals surface area contributed by atoms with E-state index in [1.165, 1.54) is 11.3 Å². The molecule has 1 saturated heterocycles. The molecule has 0 aliphatic carbocycles. The number of nitrogens with zero attached hydrogens (tertiary/aromatic N) is 5. The van der Waals surface area contributed by atoms with Gasteiger partial charge >= 0.3 is 0 Å². The molecule has 1 aliphatic heterocycles. The standard InChI is InChI=1S/C25H29N5O3S/c1-3-11-30(25(32)22-8-5-16-34-22)18-24(31)29-14-12-28(13-15-29)23-10-9-21(26-27-23)19-6-4-7-20(17-19)33-2/h4-10,16-17H,3,11-15,18H2,1-2H3. The van der Waals surface area contributed by atoms with E-state index < -0.39 is 0 Å².